The van der Waals surface area contributed by atoms with E-state index in [-0.39, 0.29) is 62.0 Å². The highest BCUT2D eigenvalue weighted by atomic mass is 19.1. The maximum Gasteiger partial charge on any atom is 0.410 e. The molecule has 2 aromatic heterocycles. The first kappa shape index (κ1) is 42.5. The normalized spacial score (nSPS) is 22.0. The lowest BCUT2D eigenvalue weighted by molar-refractivity contribution is -0.0409. The van der Waals surface area contributed by atoms with E-state index < -0.39 is 11.0 Å². The summed E-state index contributed by atoms with van der Waals surface area (Å²) < 4.78 is 49.8. The van der Waals surface area contributed by atoms with Crippen molar-refractivity contribution in [2.45, 2.75) is 115 Å². The minimum atomic E-state index is -0.616. The zero-order chi connectivity index (χ0) is 44.3. The first-order valence-corrected chi connectivity index (χ1v) is 22.9. The lowest BCUT2D eigenvalue weighted by Gasteiger charge is -2.36. The number of piperazine rings is 1. The van der Waals surface area contributed by atoms with E-state index in [1.807, 2.05) is 67.7 Å². The van der Waals surface area contributed by atoms with Gasteiger partial charge in [0.25, 0.3) is 0 Å². The van der Waals surface area contributed by atoms with Gasteiger partial charge in [0.1, 0.15) is 29.4 Å². The van der Waals surface area contributed by atoms with Gasteiger partial charge in [-0.05, 0) is 120 Å². The number of aliphatic hydroxyl groups is 1. The number of halogens is 1. The second kappa shape index (κ2) is 16.8. The molecule has 5 aliphatic rings. The van der Waals surface area contributed by atoms with Crippen molar-refractivity contribution in [3.8, 4) is 35.2 Å². The Morgan fingerprint density at radius 1 is 1.00 bits per heavy atom. The van der Waals surface area contributed by atoms with Crippen LogP contribution < -0.4 is 14.4 Å². The summed E-state index contributed by atoms with van der Waals surface area (Å²) in [7, 11) is 0. The number of anilines is 1. The van der Waals surface area contributed by atoms with Crippen LogP contribution in [0, 0.1) is 30.5 Å². The van der Waals surface area contributed by atoms with Crippen molar-refractivity contribution in [2.24, 2.45) is 5.41 Å². The van der Waals surface area contributed by atoms with Crippen LogP contribution in [-0.2, 0) is 20.8 Å². The first-order valence-electron chi connectivity index (χ1n) is 22.9. The van der Waals surface area contributed by atoms with E-state index in [0.29, 0.717) is 79.5 Å². The van der Waals surface area contributed by atoms with E-state index in [2.05, 4.69) is 16.9 Å². The predicted octanol–water partition coefficient (Wildman–Crippen LogP) is 8.60. The fourth-order valence-corrected chi connectivity index (χ4v) is 10.0. The molecule has 1 N–H and O–H groups in total. The molecule has 14 heteroatoms. The van der Waals surface area contributed by atoms with Crippen LogP contribution in [0.3, 0.4) is 0 Å². The van der Waals surface area contributed by atoms with Crippen molar-refractivity contribution in [1.29, 1.82) is 0 Å². The van der Waals surface area contributed by atoms with Gasteiger partial charge in [-0.25, -0.2) is 13.9 Å². The molecule has 3 atom stereocenters. The molecule has 1 amide bonds. The summed E-state index contributed by atoms with van der Waals surface area (Å²) >= 11 is 0. The van der Waals surface area contributed by atoms with Crippen LogP contribution in [0.2, 0.25) is 0 Å². The molecule has 4 aliphatic heterocycles. The Kier molecular flexibility index (Phi) is 11.2. The molecule has 1 saturated carbocycles. The van der Waals surface area contributed by atoms with E-state index >= 15 is 4.39 Å². The number of hydrogen-bond donors (Lipinski definition) is 1. The average molecular weight is 873 g/mol. The van der Waals surface area contributed by atoms with E-state index in [9.17, 15) is 9.90 Å². The van der Waals surface area contributed by atoms with Crippen LogP contribution in [0.15, 0.2) is 42.6 Å². The van der Waals surface area contributed by atoms with E-state index in [1.165, 1.54) is 0 Å². The largest absolute Gasteiger partial charge is 0.486 e. The van der Waals surface area contributed by atoms with Crippen molar-refractivity contribution >= 4 is 33.7 Å². The van der Waals surface area contributed by atoms with Gasteiger partial charge in [-0.15, -0.1) is 6.42 Å². The van der Waals surface area contributed by atoms with E-state index in [1.54, 1.807) is 6.07 Å². The molecule has 64 heavy (non-hydrogen) atoms. The van der Waals surface area contributed by atoms with Gasteiger partial charge in [-0.2, -0.15) is 15.1 Å². The number of likely N-dealkylation sites (tertiary alicyclic amines) is 1. The van der Waals surface area contributed by atoms with E-state index in [4.69, 9.17) is 45.2 Å². The second-order valence-corrected chi connectivity index (χ2v) is 19.4. The topological polar surface area (TPSA) is 134 Å². The highest BCUT2D eigenvalue weighted by Crippen LogP contribution is 2.54. The third kappa shape index (κ3) is 8.00. The van der Waals surface area contributed by atoms with Gasteiger partial charge in [-0.1, -0.05) is 18.1 Å². The molecule has 10 rings (SSSR count). The maximum atomic E-state index is 16.6. The molecule has 336 valence electrons. The van der Waals surface area contributed by atoms with Gasteiger partial charge >= 0.3 is 12.1 Å². The number of nitrogens with zero attached hydrogens (tertiary/aromatic N) is 6. The fourth-order valence-electron chi connectivity index (χ4n) is 10.0. The molecule has 0 radical (unpaired) electrons. The third-order valence-electron chi connectivity index (χ3n) is 13.8. The molecule has 3 aromatic carbocycles. The highest BCUT2D eigenvalue weighted by molar-refractivity contribution is 6.06. The van der Waals surface area contributed by atoms with Gasteiger partial charge in [0.2, 0.25) is 0 Å². The minimum Gasteiger partial charge on any atom is -0.486 e. The van der Waals surface area contributed by atoms with Crippen LogP contribution in [0.5, 0.6) is 11.8 Å². The summed E-state index contributed by atoms with van der Waals surface area (Å²) in [6.45, 7) is 10.5. The standard InChI is InChI=1S/C50H57FN6O7/c1-6-31-10-12-32(13-11-31)27-62-45-43(42-30(2)39(51)23-40-38(42)24-52-57(40)41-9-7-8-18-61-41)36(33-14-15-33)22-37-44(45)53-47(63-29-50(28-58)16-19-60-20-17-50)54-46(37)55-25-35-21-34(55)26-56(35)48(59)64-49(3,4)5/h1,10-13,22-24,33-35,41,58H,7-9,14-21,25-29H2,2-5H3/t34-,35-,41?/m0/s1. The number of benzene rings is 3. The Hall–Kier alpha value is -5.49. The minimum absolute atomic E-state index is 0.0382. The van der Waals surface area contributed by atoms with Gasteiger partial charge in [0.15, 0.2) is 12.0 Å². The molecule has 6 heterocycles. The van der Waals surface area contributed by atoms with Gasteiger partial charge in [-0.3, -0.25) is 0 Å². The zero-order valence-corrected chi connectivity index (χ0v) is 37.2. The lowest BCUT2D eigenvalue weighted by atomic mass is 9.82. The van der Waals surface area contributed by atoms with Crippen molar-refractivity contribution in [3.63, 3.8) is 0 Å². The van der Waals surface area contributed by atoms with Crippen molar-refractivity contribution in [1.82, 2.24) is 24.6 Å². The Morgan fingerprint density at radius 2 is 1.80 bits per heavy atom. The number of aliphatic hydroxyl groups excluding tert-OH is 1. The molecular formula is C50H57FN6O7. The van der Waals surface area contributed by atoms with Crippen LogP contribution in [0.25, 0.3) is 32.9 Å². The number of fused-ring (bicyclic) bond motifs is 4. The van der Waals surface area contributed by atoms with Crippen LogP contribution >= 0.6 is 0 Å². The molecule has 0 spiro atoms. The summed E-state index contributed by atoms with van der Waals surface area (Å²) in [5.74, 6) is 3.71. The summed E-state index contributed by atoms with van der Waals surface area (Å²) in [5.41, 5.74) is 4.69. The number of rotatable bonds is 11. The Bertz CT molecular complexity index is 2620. The molecule has 1 unspecified atom stereocenters. The summed E-state index contributed by atoms with van der Waals surface area (Å²) in [5, 5.41) is 17.1. The van der Waals surface area contributed by atoms with Crippen molar-refractivity contribution < 1.29 is 38.0 Å². The Morgan fingerprint density at radius 3 is 2.47 bits per heavy atom. The van der Waals surface area contributed by atoms with Crippen molar-refractivity contribution in [3.05, 3.63) is 70.7 Å². The van der Waals surface area contributed by atoms with Crippen molar-refractivity contribution in [2.75, 3.05) is 51.0 Å². The van der Waals surface area contributed by atoms with Crippen LogP contribution in [0.1, 0.15) is 107 Å². The molecule has 2 bridgehead atoms. The van der Waals surface area contributed by atoms with Gasteiger partial charge in [0, 0.05) is 71.9 Å². The summed E-state index contributed by atoms with van der Waals surface area (Å²) in [4.78, 5) is 27.9. The number of terminal acetylenes is 1. The quantitative estimate of drug-likeness (QED) is 0.128. The smallest absolute Gasteiger partial charge is 0.410 e. The SMILES string of the molecule is C#Cc1ccc(COc2c(-c3c(C)c(F)cc4c3cnn4C3CCCCO3)c(C3CC3)cc3c(N4C[C@@H]5C[C@H]4CN5C(=O)OC(C)(C)C)nc(OCC4(CO)CCOCC4)nc23)cc1. The number of carbonyl (C=O) groups is 1. The molecule has 4 saturated heterocycles. The van der Waals surface area contributed by atoms with E-state index in [0.717, 1.165) is 71.6 Å². The first-order chi connectivity index (χ1) is 30.9. The molecule has 5 fully saturated rings. The Labute approximate surface area is 373 Å². The summed E-state index contributed by atoms with van der Waals surface area (Å²) in [6, 6.07) is 11.5. The summed E-state index contributed by atoms with van der Waals surface area (Å²) in [6.07, 6.45) is 13.7. The Balaban J connectivity index is 1.17. The van der Waals surface area contributed by atoms with Crippen LogP contribution in [-0.4, -0.2) is 99.7 Å². The molecule has 1 aliphatic carbocycles. The van der Waals surface area contributed by atoms with Gasteiger partial charge in [0.05, 0.1) is 37.0 Å². The predicted molar refractivity (Wildman–Crippen MR) is 240 cm³/mol. The maximum absolute atomic E-state index is 16.6. The number of ether oxygens (including phenoxy) is 5. The molecule has 13 nitrogen and oxygen atoms in total. The number of carbonyl (C=O) groups excluding carboxylic acids is 1. The molecular weight excluding hydrogens is 816 g/mol. The zero-order valence-electron chi connectivity index (χ0n) is 37.2. The average Bonchev–Trinajstić information content (AvgIpc) is 3.74. The highest BCUT2D eigenvalue weighted by Gasteiger charge is 2.48. The number of hydrogen-bond acceptors (Lipinski definition) is 11. The lowest BCUT2D eigenvalue weighted by Crippen LogP contribution is -2.50. The monoisotopic (exact) mass is 872 g/mol. The fraction of sp³-hybridized carbons (Fsp3) is 0.520. The molecule has 5 aromatic rings. The number of amides is 1. The third-order valence-corrected chi connectivity index (χ3v) is 13.8. The van der Waals surface area contributed by atoms with Crippen LogP contribution in [0.4, 0.5) is 15.0 Å². The van der Waals surface area contributed by atoms with Gasteiger partial charge < -0.3 is 38.6 Å². The second-order valence-electron chi connectivity index (χ2n) is 19.4. The number of aromatic nitrogens is 4.